The lowest BCUT2D eigenvalue weighted by Crippen LogP contribution is -2.47. The van der Waals surface area contributed by atoms with Crippen molar-refractivity contribution < 1.29 is 60.4 Å². The maximum atomic E-state index is 14.0. The highest BCUT2D eigenvalue weighted by Gasteiger charge is 2.26. The molecule has 56 heavy (non-hydrogen) atoms. The Kier molecular flexibility index (Phi) is 29.5. The summed E-state index contributed by atoms with van der Waals surface area (Å²) in [5.74, 6) is -10.3. The fraction of sp³-hybridized carbons (Fsp3) is 0.676. The van der Waals surface area contributed by atoms with Gasteiger partial charge in [-0.3, -0.25) is 19.2 Å². The van der Waals surface area contributed by atoms with Crippen LogP contribution in [0.3, 0.4) is 0 Å². The highest BCUT2D eigenvalue weighted by molar-refractivity contribution is 7.27. The average Bonchev–Trinajstić information content (AvgIpc) is 3.17. The van der Waals surface area contributed by atoms with E-state index in [1.165, 1.54) is 6.92 Å². The monoisotopic (exact) mass is 825 g/mol. The van der Waals surface area contributed by atoms with Gasteiger partial charge in [-0.1, -0.05) is 21.7 Å². The number of rotatable bonds is 34. The van der Waals surface area contributed by atoms with Crippen molar-refractivity contribution in [1.82, 2.24) is 26.6 Å². The maximum absolute atomic E-state index is 14.0. The molecule has 1 rings (SSSR count). The van der Waals surface area contributed by atoms with E-state index in [1.807, 2.05) is 19.2 Å². The van der Waals surface area contributed by atoms with Crippen LogP contribution in [0.25, 0.3) is 0 Å². The molecule has 2 atom stereocenters. The Labute approximate surface area is 329 Å². The van der Waals surface area contributed by atoms with Gasteiger partial charge in [0.05, 0.1) is 59.3 Å². The first-order valence-electron chi connectivity index (χ1n) is 19.0. The van der Waals surface area contributed by atoms with Gasteiger partial charge in [0.2, 0.25) is 29.3 Å². The first kappa shape index (κ1) is 50.6. The predicted octanol–water partition coefficient (Wildman–Crippen LogP) is 2.68. The number of amides is 3. The molecule has 1 aromatic rings. The minimum absolute atomic E-state index is 0.0996. The standard InChI is InChI=1S/C37H60F4N5O9P/c1-3-13-42-14-6-4-7-15-43-16-8-5-10-28(46-29(48)11-9-17-44-27(2)47)37(50)45-18-20-52-22-24-54-26-25-53-23-21-51-19-12-30(49)55-35-32(39)31(38)33(40)36(56)34(35)41/h3,13,28,42-43H,4-12,14-26,56H2,1-2H3,(H,44,47)(H,45,50)(H,46,48)/b13-3-. The topological polar surface area (TPSA) is 175 Å². The molecule has 0 aliphatic heterocycles. The molecule has 0 bridgehead atoms. The van der Waals surface area contributed by atoms with Gasteiger partial charge in [-0.2, -0.15) is 4.39 Å². The number of hydrogen-bond acceptors (Lipinski definition) is 11. The largest absolute Gasteiger partial charge is 0.420 e. The van der Waals surface area contributed by atoms with Crippen molar-refractivity contribution in [3.05, 3.63) is 35.5 Å². The lowest BCUT2D eigenvalue weighted by molar-refractivity contribution is -0.136. The normalized spacial score (nSPS) is 11.8. The summed E-state index contributed by atoms with van der Waals surface area (Å²) in [5.41, 5.74) is 0. The van der Waals surface area contributed by atoms with Crippen LogP contribution in [0.5, 0.6) is 5.75 Å². The van der Waals surface area contributed by atoms with Crippen molar-refractivity contribution in [1.29, 1.82) is 0 Å². The molecule has 1 aromatic carbocycles. The predicted molar refractivity (Wildman–Crippen MR) is 205 cm³/mol. The van der Waals surface area contributed by atoms with Crippen molar-refractivity contribution in [2.24, 2.45) is 0 Å². The van der Waals surface area contributed by atoms with E-state index in [4.69, 9.17) is 18.9 Å². The second kappa shape index (κ2) is 32.7. The number of nitrogens with one attached hydrogen (secondary N) is 5. The van der Waals surface area contributed by atoms with E-state index in [1.54, 1.807) is 9.24 Å². The van der Waals surface area contributed by atoms with Gasteiger partial charge in [0.15, 0.2) is 17.5 Å². The van der Waals surface area contributed by atoms with Crippen LogP contribution in [-0.2, 0) is 38.1 Å². The first-order chi connectivity index (χ1) is 27.0. The van der Waals surface area contributed by atoms with Crippen molar-refractivity contribution in [3.63, 3.8) is 0 Å². The fourth-order valence-corrected chi connectivity index (χ4v) is 5.06. The molecule has 3 amide bonds. The van der Waals surface area contributed by atoms with Gasteiger partial charge in [0.25, 0.3) is 0 Å². The number of allylic oxidation sites excluding steroid dienone is 1. The Morgan fingerprint density at radius 3 is 1.91 bits per heavy atom. The third kappa shape index (κ3) is 24.3. The van der Waals surface area contributed by atoms with Gasteiger partial charge >= 0.3 is 5.97 Å². The first-order valence-corrected chi connectivity index (χ1v) is 19.6. The Hall–Kier alpha value is -3.41. The number of unbranched alkanes of at least 4 members (excludes halogenated alkanes) is 3. The van der Waals surface area contributed by atoms with Crippen LogP contribution in [0.1, 0.15) is 71.6 Å². The molecule has 0 saturated carbocycles. The van der Waals surface area contributed by atoms with Crippen molar-refractivity contribution in [2.45, 2.75) is 77.7 Å². The number of ether oxygens (including phenoxy) is 5. The zero-order valence-corrected chi connectivity index (χ0v) is 33.7. The van der Waals surface area contributed by atoms with Crippen LogP contribution < -0.4 is 36.6 Å². The van der Waals surface area contributed by atoms with E-state index in [-0.39, 0.29) is 83.5 Å². The van der Waals surface area contributed by atoms with Crippen molar-refractivity contribution in [3.8, 4) is 5.75 Å². The maximum Gasteiger partial charge on any atom is 0.313 e. The number of halogens is 4. The molecule has 5 N–H and O–H groups in total. The second-order valence-corrected chi connectivity index (χ2v) is 13.0. The summed E-state index contributed by atoms with van der Waals surface area (Å²) in [7, 11) is 1.57. The van der Waals surface area contributed by atoms with E-state index in [2.05, 4.69) is 31.3 Å². The molecule has 0 spiro atoms. The van der Waals surface area contributed by atoms with Gasteiger partial charge in [-0.25, -0.2) is 13.2 Å². The summed E-state index contributed by atoms with van der Waals surface area (Å²) in [6.45, 7) is 8.17. The minimum Gasteiger partial charge on any atom is -0.420 e. The Balaban J connectivity index is 2.16. The summed E-state index contributed by atoms with van der Waals surface area (Å²) in [4.78, 5) is 48.3. The van der Waals surface area contributed by atoms with Crippen LogP contribution in [0.15, 0.2) is 12.3 Å². The molecule has 14 nitrogen and oxygen atoms in total. The molecule has 2 unspecified atom stereocenters. The molecular formula is C37H60F4N5O9P. The SMILES string of the molecule is C/C=C\NCCCCCNCCCCC(NC(=O)CCCNC(C)=O)C(=O)NCCOCCOCCOCCOCCC(=O)Oc1c(F)c(F)c(F)c(P)c1F. The lowest BCUT2D eigenvalue weighted by atomic mass is 10.1. The Morgan fingerprint density at radius 2 is 1.27 bits per heavy atom. The molecule has 320 valence electrons. The van der Waals surface area contributed by atoms with Gasteiger partial charge in [0, 0.05) is 38.3 Å². The Morgan fingerprint density at radius 1 is 0.661 bits per heavy atom. The van der Waals surface area contributed by atoms with E-state index in [0.29, 0.717) is 19.4 Å². The molecule has 0 heterocycles. The average molecular weight is 826 g/mol. The highest BCUT2D eigenvalue weighted by Crippen LogP contribution is 2.26. The zero-order valence-electron chi connectivity index (χ0n) is 32.6. The van der Waals surface area contributed by atoms with Crippen LogP contribution in [0.4, 0.5) is 17.6 Å². The number of hydrogen-bond donors (Lipinski definition) is 5. The summed E-state index contributed by atoms with van der Waals surface area (Å²) in [6.07, 6.45) is 9.62. The number of benzene rings is 1. The number of carbonyl (C=O) groups is 4. The molecule has 0 aromatic heterocycles. The molecule has 0 fully saturated rings. The fourth-order valence-electron chi connectivity index (χ4n) is 4.80. The summed E-state index contributed by atoms with van der Waals surface area (Å²) < 4.78 is 80.6. The lowest BCUT2D eigenvalue weighted by Gasteiger charge is -2.19. The third-order valence-corrected chi connectivity index (χ3v) is 8.25. The summed E-state index contributed by atoms with van der Waals surface area (Å²) in [6, 6.07) is -0.682. The van der Waals surface area contributed by atoms with Gasteiger partial charge in [0.1, 0.15) is 6.04 Å². The Bertz CT molecular complexity index is 1300. The van der Waals surface area contributed by atoms with E-state index < -0.39 is 52.8 Å². The van der Waals surface area contributed by atoms with Crippen LogP contribution in [-0.4, -0.2) is 115 Å². The molecule has 0 radical (unpaired) electrons. The van der Waals surface area contributed by atoms with Crippen molar-refractivity contribution >= 4 is 38.2 Å². The number of esters is 1. The molecule has 0 saturated heterocycles. The number of carbonyl (C=O) groups excluding carboxylic acids is 4. The molecule has 19 heteroatoms. The van der Waals surface area contributed by atoms with Crippen LogP contribution >= 0.6 is 9.24 Å². The van der Waals surface area contributed by atoms with Crippen molar-refractivity contribution in [2.75, 3.05) is 85.6 Å². The molecule has 0 aliphatic rings. The zero-order chi connectivity index (χ0) is 41.4. The molecular weight excluding hydrogens is 765 g/mol. The minimum atomic E-state index is -1.95. The van der Waals surface area contributed by atoms with E-state index in [0.717, 1.165) is 51.7 Å². The summed E-state index contributed by atoms with van der Waals surface area (Å²) >= 11 is 0. The smallest absolute Gasteiger partial charge is 0.313 e. The van der Waals surface area contributed by atoms with E-state index >= 15 is 0 Å². The van der Waals surface area contributed by atoms with E-state index in [9.17, 15) is 36.7 Å². The molecule has 0 aliphatic carbocycles. The third-order valence-electron chi connectivity index (χ3n) is 7.75. The van der Waals surface area contributed by atoms with Gasteiger partial charge < -0.3 is 50.3 Å². The van der Waals surface area contributed by atoms with Gasteiger partial charge in [-0.05, 0) is 64.7 Å². The second-order valence-electron chi connectivity index (χ2n) is 12.4. The summed E-state index contributed by atoms with van der Waals surface area (Å²) in [5, 5.41) is 14.1. The van der Waals surface area contributed by atoms with Crippen LogP contribution in [0, 0.1) is 23.3 Å². The highest BCUT2D eigenvalue weighted by atomic mass is 31.0. The van der Waals surface area contributed by atoms with Crippen LogP contribution in [0.2, 0.25) is 0 Å². The quantitative estimate of drug-likeness (QED) is 0.0132. The van der Waals surface area contributed by atoms with Gasteiger partial charge in [-0.15, -0.1) is 0 Å².